The first kappa shape index (κ1) is 67.4. The molecule has 0 aromatic carbocycles. The van der Waals surface area contributed by atoms with E-state index in [-0.39, 0.29) is 122 Å². The molecule has 0 aliphatic carbocycles. The van der Waals surface area contributed by atoms with Crippen LogP contribution in [0, 0.1) is 0 Å². The van der Waals surface area contributed by atoms with Crippen LogP contribution in [0.1, 0.15) is 83.5 Å². The van der Waals surface area contributed by atoms with Crippen LogP contribution in [0.4, 0.5) is 0 Å². The SMILES string of the molecule is C=C1CCC(=O)N1OC(=O)CCCCC(=O)NCCCCC(NC(=O)CNC(=O)CN(CC(=O)NCCOC1CC(O)CC(CO)O1)CC(=O)NCCOC1CC(O)CC(CO)O1)C(=O)NCCO[C@H]1OC(CO)[C@@H](O)C(O)C1O. The Hall–Kier alpha value is -5.10. The van der Waals surface area contributed by atoms with Crippen molar-refractivity contribution in [3.05, 3.63) is 12.3 Å². The van der Waals surface area contributed by atoms with Crippen molar-refractivity contribution in [1.29, 1.82) is 0 Å². The van der Waals surface area contributed by atoms with Crippen molar-refractivity contribution in [2.24, 2.45) is 0 Å². The van der Waals surface area contributed by atoms with Crippen LogP contribution in [0.2, 0.25) is 0 Å². The zero-order valence-electron chi connectivity index (χ0n) is 44.8. The highest BCUT2D eigenvalue weighted by Crippen LogP contribution is 2.24. The number of ether oxygens (including phenoxy) is 6. The lowest BCUT2D eigenvalue weighted by atomic mass is 9.99. The molecule has 4 fully saturated rings. The van der Waals surface area contributed by atoms with Gasteiger partial charge in [-0.3, -0.25) is 38.5 Å². The number of nitrogens with one attached hydrogen (secondary N) is 6. The molecule has 4 heterocycles. The maximum atomic E-state index is 13.5. The second kappa shape index (κ2) is 36.4. The molecule has 4 aliphatic rings. The molecule has 4 rings (SSSR count). The first-order valence-electron chi connectivity index (χ1n) is 26.9. The summed E-state index contributed by atoms with van der Waals surface area (Å²) in [4.78, 5) is 109. The molecule has 80 heavy (non-hydrogen) atoms. The van der Waals surface area contributed by atoms with Gasteiger partial charge in [-0.15, -0.1) is 5.06 Å². The molecule has 31 nitrogen and oxygen atoms in total. The predicted molar refractivity (Wildman–Crippen MR) is 271 cm³/mol. The van der Waals surface area contributed by atoms with Gasteiger partial charge in [0.1, 0.15) is 30.5 Å². The number of hydroxylamine groups is 2. The smallest absolute Gasteiger partial charge is 0.333 e. The number of aliphatic hydroxyl groups excluding tert-OH is 8. The topological polar surface area (TPSA) is 442 Å². The summed E-state index contributed by atoms with van der Waals surface area (Å²) in [5.74, 6) is -4.83. The van der Waals surface area contributed by atoms with Gasteiger partial charge in [-0.1, -0.05) is 6.58 Å². The van der Waals surface area contributed by atoms with Crippen molar-refractivity contribution < 1.29 is 112 Å². The third-order valence-electron chi connectivity index (χ3n) is 12.9. The maximum Gasteiger partial charge on any atom is 0.333 e. The van der Waals surface area contributed by atoms with Crippen LogP contribution in [0.15, 0.2) is 12.3 Å². The van der Waals surface area contributed by atoms with Gasteiger partial charge in [-0.05, 0) is 38.5 Å². The number of hydrogen-bond donors (Lipinski definition) is 14. The molecule has 4 aliphatic heterocycles. The maximum absolute atomic E-state index is 13.5. The average molecular weight is 1150 g/mol. The van der Waals surface area contributed by atoms with Gasteiger partial charge < -0.3 is 106 Å². The largest absolute Gasteiger partial charge is 0.394 e. The molecular formula is C49H82N8O23. The van der Waals surface area contributed by atoms with E-state index in [4.69, 9.17) is 33.3 Å². The van der Waals surface area contributed by atoms with Gasteiger partial charge >= 0.3 is 5.97 Å². The fourth-order valence-corrected chi connectivity index (χ4v) is 8.66. The Labute approximate surface area is 462 Å². The number of unbranched alkanes of at least 4 members (excludes halogenated alkanes) is 2. The van der Waals surface area contributed by atoms with Crippen LogP contribution in [0.25, 0.3) is 0 Å². The third kappa shape index (κ3) is 25.0. The van der Waals surface area contributed by atoms with Crippen LogP contribution >= 0.6 is 0 Å². The van der Waals surface area contributed by atoms with Crippen molar-refractivity contribution in [3.8, 4) is 0 Å². The number of carbonyl (C=O) groups is 8. The minimum Gasteiger partial charge on any atom is -0.394 e. The molecule has 31 heteroatoms. The van der Waals surface area contributed by atoms with E-state index >= 15 is 0 Å². The van der Waals surface area contributed by atoms with Crippen LogP contribution in [0.5, 0.6) is 0 Å². The molecule has 0 radical (unpaired) electrons. The molecule has 456 valence electrons. The Morgan fingerprint density at radius 1 is 0.600 bits per heavy atom. The number of aliphatic hydroxyl groups is 8. The fourth-order valence-electron chi connectivity index (χ4n) is 8.66. The van der Waals surface area contributed by atoms with Crippen LogP contribution in [-0.4, -0.2) is 264 Å². The van der Waals surface area contributed by atoms with E-state index in [1.807, 2.05) is 0 Å². The Bertz CT molecular complexity index is 1930. The van der Waals surface area contributed by atoms with Crippen LogP contribution in [0.3, 0.4) is 0 Å². The Morgan fingerprint density at radius 3 is 1.71 bits per heavy atom. The van der Waals surface area contributed by atoms with Crippen molar-refractivity contribution in [2.45, 2.75) is 157 Å². The summed E-state index contributed by atoms with van der Waals surface area (Å²) in [6, 6.07) is -1.20. The van der Waals surface area contributed by atoms with E-state index < -0.39 is 142 Å². The van der Waals surface area contributed by atoms with E-state index in [1.54, 1.807) is 0 Å². The Morgan fingerprint density at radius 2 is 1.15 bits per heavy atom. The monoisotopic (exact) mass is 1150 g/mol. The summed E-state index contributed by atoms with van der Waals surface area (Å²) in [5.41, 5.74) is 0.393. The van der Waals surface area contributed by atoms with E-state index in [9.17, 15) is 79.2 Å². The number of rotatable bonds is 36. The second-order valence-electron chi connectivity index (χ2n) is 19.6. The summed E-state index contributed by atoms with van der Waals surface area (Å²) in [7, 11) is 0. The van der Waals surface area contributed by atoms with Gasteiger partial charge in [0.05, 0.1) is 95.9 Å². The molecule has 0 aromatic rings. The average Bonchev–Trinajstić information content (AvgIpc) is 3.75. The molecular weight excluding hydrogens is 1070 g/mol. The standard InChI is InChI=1S/C49H82N8O23/c1-29-9-10-41(68)57(29)80-42(69)8-3-2-7-36(63)50-11-5-4-6-34(48(73)53-14-17-76-49-47(72)46(71)45(70)35(28-60)79-49)55-37(64)22-54-40(67)25-56(23-38(65)51-12-15-74-43-20-30(61)18-32(26-58)77-43)24-39(66)52-13-16-75-44-21-31(62)19-33(27-59)78-44/h30-35,43-47,49,58-62,70-72H,1-28H2,(H,50,63)(H,51,65)(H,52,66)(H,53,73)(H,54,67)(H,55,64)/t30?,31?,32?,33?,34?,35?,43?,44?,45-,46?,47?,49+/m1/s1. The van der Waals surface area contributed by atoms with E-state index in [0.717, 1.165) is 5.06 Å². The predicted octanol–water partition coefficient (Wildman–Crippen LogP) is -6.75. The van der Waals surface area contributed by atoms with E-state index in [2.05, 4.69) is 38.5 Å². The first-order valence-corrected chi connectivity index (χ1v) is 26.9. The molecule has 14 N–H and O–H groups in total. The summed E-state index contributed by atoms with van der Waals surface area (Å²) < 4.78 is 33.1. The lowest BCUT2D eigenvalue weighted by Crippen LogP contribution is -2.59. The molecule has 4 saturated heterocycles. The lowest BCUT2D eigenvalue weighted by Gasteiger charge is -2.39. The number of hydrogen-bond acceptors (Lipinski definition) is 24. The van der Waals surface area contributed by atoms with Gasteiger partial charge in [0.25, 0.3) is 5.91 Å². The Balaban J connectivity index is 1.27. The third-order valence-corrected chi connectivity index (χ3v) is 12.9. The molecule has 7 amide bonds. The van der Waals surface area contributed by atoms with Crippen LogP contribution in [-0.2, 0) is 71.6 Å². The molecule has 12 atom stereocenters. The van der Waals surface area contributed by atoms with Gasteiger partial charge in [0, 0.05) is 71.1 Å². The van der Waals surface area contributed by atoms with Crippen molar-refractivity contribution in [3.63, 3.8) is 0 Å². The molecule has 0 aromatic heterocycles. The molecule has 0 spiro atoms. The first-order chi connectivity index (χ1) is 38.3. The zero-order chi connectivity index (χ0) is 58.6. The number of nitrogens with zero attached hydrogens (tertiary/aromatic N) is 2. The summed E-state index contributed by atoms with van der Waals surface area (Å²) >= 11 is 0. The molecule has 0 saturated carbocycles. The van der Waals surface area contributed by atoms with Crippen molar-refractivity contribution in [1.82, 2.24) is 41.9 Å². The van der Waals surface area contributed by atoms with Crippen molar-refractivity contribution in [2.75, 3.05) is 92.0 Å². The molecule has 10 unspecified atom stereocenters. The van der Waals surface area contributed by atoms with Crippen LogP contribution < -0.4 is 31.9 Å². The fraction of sp³-hybridized carbons (Fsp3) is 0.796. The normalized spacial score (nSPS) is 26.3. The lowest BCUT2D eigenvalue weighted by molar-refractivity contribution is -0.300. The number of amides is 7. The summed E-state index contributed by atoms with van der Waals surface area (Å²) in [5, 5.41) is 95.2. The molecule has 0 bridgehead atoms. The van der Waals surface area contributed by atoms with Gasteiger partial charge in [-0.25, -0.2) is 4.79 Å². The van der Waals surface area contributed by atoms with Crippen molar-refractivity contribution >= 4 is 47.3 Å². The highest BCUT2D eigenvalue weighted by molar-refractivity contribution is 5.91. The second-order valence-corrected chi connectivity index (χ2v) is 19.6. The Kier molecular flexibility index (Phi) is 30.7. The zero-order valence-corrected chi connectivity index (χ0v) is 44.8. The number of allylic oxidation sites excluding steroid dienone is 1. The van der Waals surface area contributed by atoms with Gasteiger partial charge in [-0.2, -0.15) is 0 Å². The van der Waals surface area contributed by atoms with Gasteiger partial charge in [0.15, 0.2) is 18.9 Å². The highest BCUT2D eigenvalue weighted by atomic mass is 16.7. The van der Waals surface area contributed by atoms with Gasteiger partial charge in [0.2, 0.25) is 35.4 Å². The highest BCUT2D eigenvalue weighted by Gasteiger charge is 2.44. The van der Waals surface area contributed by atoms with E-state index in [0.29, 0.717) is 37.8 Å². The number of carbonyl (C=O) groups excluding carboxylic acids is 8. The summed E-state index contributed by atoms with van der Waals surface area (Å²) in [6.07, 6.45) is -9.28. The summed E-state index contributed by atoms with van der Waals surface area (Å²) in [6.45, 7) is -0.289. The quantitative estimate of drug-likeness (QED) is 0.0259. The minimum atomic E-state index is -1.70. The minimum absolute atomic E-state index is 0.0207. The van der Waals surface area contributed by atoms with E-state index in [1.165, 1.54) is 4.90 Å².